The van der Waals surface area contributed by atoms with Gasteiger partial charge in [0.05, 0.1) is 16.8 Å². The predicted molar refractivity (Wildman–Crippen MR) is 146 cm³/mol. The summed E-state index contributed by atoms with van der Waals surface area (Å²) in [5, 5.41) is 3.47. The molecule has 36 heavy (non-hydrogen) atoms. The van der Waals surface area contributed by atoms with E-state index in [9.17, 15) is 8.42 Å². The molecule has 1 unspecified atom stereocenters. The van der Waals surface area contributed by atoms with Crippen LogP contribution in [0, 0.1) is 5.92 Å². The zero-order valence-corrected chi connectivity index (χ0v) is 23.3. The van der Waals surface area contributed by atoms with Crippen molar-refractivity contribution in [2.24, 2.45) is 5.92 Å². The monoisotopic (exact) mass is 519 g/mol. The molecule has 1 aromatic rings. The molecule has 2 heterocycles. The number of sulfone groups is 1. The number of hydrogen-bond acceptors (Lipinski definition) is 5. The highest BCUT2D eigenvalue weighted by Crippen LogP contribution is 2.46. The third-order valence-corrected chi connectivity index (χ3v) is 11.1. The highest BCUT2D eigenvalue weighted by atomic mass is 32.2. The molecule has 1 saturated carbocycles. The van der Waals surface area contributed by atoms with E-state index in [1.165, 1.54) is 70.6 Å². The van der Waals surface area contributed by atoms with Gasteiger partial charge in [0.1, 0.15) is 0 Å². The summed E-state index contributed by atoms with van der Waals surface area (Å²) in [6.45, 7) is 3.40. The van der Waals surface area contributed by atoms with Crippen LogP contribution in [-0.2, 0) is 19.3 Å². The van der Waals surface area contributed by atoms with E-state index in [1.807, 2.05) is 18.2 Å². The van der Waals surface area contributed by atoms with Crippen LogP contribution in [0.15, 0.2) is 35.2 Å². The van der Waals surface area contributed by atoms with Crippen LogP contribution in [0.2, 0.25) is 0 Å². The van der Waals surface area contributed by atoms with Gasteiger partial charge in [-0.2, -0.15) is 0 Å². The number of nitrogens with one attached hydrogen (secondary N) is 1. The first-order chi connectivity index (χ1) is 17.5. The van der Waals surface area contributed by atoms with E-state index in [0.29, 0.717) is 23.8 Å². The number of ether oxygens (including phenoxy) is 2. The standard InChI is InChI=1S/C30H49NO4S/c1-2-3-4-5-6-7-9-16-25-17-12-14-21-30(25)23-28(36(32,33)26-18-10-8-11-19-26)27(31-30)24-35-29-20-13-15-22-34-29/h8,10-11,18-19,25,27-29,31H,2-7,9,12-17,20-24H2,1H3/t25-,27+,28-,29?,30+/m1/s1. The van der Waals surface area contributed by atoms with Gasteiger partial charge in [-0.05, 0) is 63.0 Å². The molecular formula is C30H49NO4S. The zero-order chi connectivity index (χ0) is 25.3. The van der Waals surface area contributed by atoms with Crippen LogP contribution in [0.3, 0.4) is 0 Å². The second-order valence-corrected chi connectivity index (χ2v) is 13.7. The normalized spacial score (nSPS) is 31.1. The molecule has 1 spiro atoms. The molecule has 1 aliphatic carbocycles. The fourth-order valence-corrected chi connectivity index (χ4v) is 8.86. The zero-order valence-electron chi connectivity index (χ0n) is 22.5. The third kappa shape index (κ3) is 7.12. The number of hydrogen-bond donors (Lipinski definition) is 1. The van der Waals surface area contributed by atoms with Gasteiger partial charge in [0.25, 0.3) is 0 Å². The molecule has 2 saturated heterocycles. The molecule has 0 amide bonds. The lowest BCUT2D eigenvalue weighted by atomic mass is 9.70. The molecule has 2 aliphatic heterocycles. The molecule has 3 fully saturated rings. The summed E-state index contributed by atoms with van der Waals surface area (Å²) in [5.74, 6) is 0.547. The summed E-state index contributed by atoms with van der Waals surface area (Å²) in [6.07, 6.45) is 18.7. The Balaban J connectivity index is 1.45. The van der Waals surface area contributed by atoms with E-state index in [2.05, 4.69) is 12.2 Å². The average molecular weight is 520 g/mol. The second-order valence-electron chi connectivity index (χ2n) is 11.5. The summed E-state index contributed by atoms with van der Waals surface area (Å²) >= 11 is 0. The maximum Gasteiger partial charge on any atom is 0.182 e. The van der Waals surface area contributed by atoms with Crippen LogP contribution in [0.25, 0.3) is 0 Å². The Morgan fingerprint density at radius 1 is 0.972 bits per heavy atom. The first-order valence-corrected chi connectivity index (χ1v) is 16.4. The molecule has 6 heteroatoms. The van der Waals surface area contributed by atoms with Crippen LogP contribution in [0.5, 0.6) is 0 Å². The van der Waals surface area contributed by atoms with Crippen molar-refractivity contribution in [1.29, 1.82) is 0 Å². The SMILES string of the molecule is CCCCCCCCC[C@@H]1CCCC[C@]12C[C@@H](S(=O)(=O)c1ccccc1)[C@H](COC1CCCCO1)N2. The molecule has 204 valence electrons. The summed E-state index contributed by atoms with van der Waals surface area (Å²) in [6, 6.07) is 8.84. The minimum Gasteiger partial charge on any atom is -0.353 e. The van der Waals surface area contributed by atoms with Crippen molar-refractivity contribution in [1.82, 2.24) is 5.32 Å². The van der Waals surface area contributed by atoms with Gasteiger partial charge in [0.15, 0.2) is 16.1 Å². The van der Waals surface area contributed by atoms with Crippen molar-refractivity contribution in [2.75, 3.05) is 13.2 Å². The quantitative estimate of drug-likeness (QED) is 0.290. The van der Waals surface area contributed by atoms with E-state index in [4.69, 9.17) is 9.47 Å². The Labute approximate surface area is 220 Å². The van der Waals surface area contributed by atoms with Crippen LogP contribution in [0.4, 0.5) is 0 Å². The summed E-state index contributed by atoms with van der Waals surface area (Å²) < 4.78 is 39.8. The van der Waals surface area contributed by atoms with Gasteiger partial charge in [0, 0.05) is 18.2 Å². The molecule has 5 nitrogen and oxygen atoms in total. The molecule has 0 aromatic heterocycles. The van der Waals surface area contributed by atoms with Gasteiger partial charge >= 0.3 is 0 Å². The van der Waals surface area contributed by atoms with Gasteiger partial charge in [-0.1, -0.05) is 82.9 Å². The Bertz CT molecular complexity index is 870. The highest BCUT2D eigenvalue weighted by molar-refractivity contribution is 7.92. The van der Waals surface area contributed by atoms with Crippen molar-refractivity contribution < 1.29 is 17.9 Å². The smallest absolute Gasteiger partial charge is 0.182 e. The molecule has 1 N–H and O–H groups in total. The lowest BCUT2D eigenvalue weighted by Crippen LogP contribution is -2.52. The van der Waals surface area contributed by atoms with Gasteiger partial charge in [-0.3, -0.25) is 0 Å². The lowest BCUT2D eigenvalue weighted by molar-refractivity contribution is -0.165. The van der Waals surface area contributed by atoms with Crippen molar-refractivity contribution >= 4 is 9.84 Å². The second kappa shape index (κ2) is 13.7. The van der Waals surface area contributed by atoms with E-state index in [0.717, 1.165) is 32.3 Å². The van der Waals surface area contributed by atoms with Gasteiger partial charge in [-0.25, -0.2) is 8.42 Å². The van der Waals surface area contributed by atoms with E-state index in [-0.39, 0.29) is 17.9 Å². The topological polar surface area (TPSA) is 64.6 Å². The summed E-state index contributed by atoms with van der Waals surface area (Å²) in [5.41, 5.74) is -0.0889. The maximum absolute atomic E-state index is 13.9. The third-order valence-electron chi connectivity index (χ3n) is 8.92. The Hall–Kier alpha value is -0.950. The largest absolute Gasteiger partial charge is 0.353 e. The fourth-order valence-electron chi connectivity index (χ4n) is 6.87. The minimum absolute atomic E-state index is 0.0889. The molecule has 0 bridgehead atoms. The van der Waals surface area contributed by atoms with Crippen LogP contribution in [0.1, 0.15) is 110 Å². The first-order valence-electron chi connectivity index (χ1n) is 14.8. The van der Waals surface area contributed by atoms with Gasteiger partial charge in [-0.15, -0.1) is 0 Å². The Morgan fingerprint density at radius 3 is 2.47 bits per heavy atom. The molecule has 0 radical (unpaired) electrons. The minimum atomic E-state index is -3.46. The molecule has 4 rings (SSSR count). The number of rotatable bonds is 13. The van der Waals surface area contributed by atoms with Crippen molar-refractivity contribution in [2.45, 2.75) is 138 Å². The number of benzene rings is 1. The molecule has 3 aliphatic rings. The molecule has 5 atom stereocenters. The first kappa shape index (κ1) is 28.1. The Kier molecular flexibility index (Phi) is 10.7. The van der Waals surface area contributed by atoms with Crippen molar-refractivity contribution in [3.05, 3.63) is 30.3 Å². The number of unbranched alkanes of at least 4 members (excludes halogenated alkanes) is 6. The van der Waals surface area contributed by atoms with E-state index in [1.54, 1.807) is 12.1 Å². The molecular weight excluding hydrogens is 470 g/mol. The van der Waals surface area contributed by atoms with Crippen LogP contribution < -0.4 is 5.32 Å². The lowest BCUT2D eigenvalue weighted by Gasteiger charge is -2.42. The van der Waals surface area contributed by atoms with Gasteiger partial charge < -0.3 is 14.8 Å². The van der Waals surface area contributed by atoms with Crippen LogP contribution >= 0.6 is 0 Å². The van der Waals surface area contributed by atoms with Crippen LogP contribution in [-0.4, -0.2) is 44.8 Å². The Morgan fingerprint density at radius 2 is 1.72 bits per heavy atom. The average Bonchev–Trinajstić information content (AvgIpc) is 3.28. The summed E-state index contributed by atoms with van der Waals surface area (Å²) in [7, 11) is -3.46. The van der Waals surface area contributed by atoms with Crippen molar-refractivity contribution in [3.8, 4) is 0 Å². The molecule has 1 aromatic carbocycles. The predicted octanol–water partition coefficient (Wildman–Crippen LogP) is 6.80. The summed E-state index contributed by atoms with van der Waals surface area (Å²) in [4.78, 5) is 0.437. The maximum atomic E-state index is 13.9. The van der Waals surface area contributed by atoms with Gasteiger partial charge in [0.2, 0.25) is 0 Å². The van der Waals surface area contributed by atoms with E-state index >= 15 is 0 Å². The van der Waals surface area contributed by atoms with Crippen molar-refractivity contribution in [3.63, 3.8) is 0 Å². The highest BCUT2D eigenvalue weighted by Gasteiger charge is 2.54. The fraction of sp³-hybridized carbons (Fsp3) is 0.800. The van der Waals surface area contributed by atoms with E-state index < -0.39 is 15.1 Å².